The summed E-state index contributed by atoms with van der Waals surface area (Å²) in [6.45, 7) is 2.38. The molecule has 2 atom stereocenters. The molecule has 6 heteroatoms. The molecule has 1 aromatic rings. The summed E-state index contributed by atoms with van der Waals surface area (Å²) in [5, 5.41) is 10.4. The number of benzene rings is 1. The maximum Gasteiger partial charge on any atom is 0.150 e. The van der Waals surface area contributed by atoms with Gasteiger partial charge in [-0.25, -0.2) is 8.42 Å². The Kier molecular flexibility index (Phi) is 4.53. The zero-order valence-electron chi connectivity index (χ0n) is 10.7. The summed E-state index contributed by atoms with van der Waals surface area (Å²) in [4.78, 5) is 0. The van der Waals surface area contributed by atoms with Crippen LogP contribution in [-0.2, 0) is 9.84 Å². The van der Waals surface area contributed by atoms with E-state index in [0.29, 0.717) is 24.3 Å². The molecule has 2 rings (SSSR count). The summed E-state index contributed by atoms with van der Waals surface area (Å²) < 4.78 is 29.3. The van der Waals surface area contributed by atoms with E-state index in [2.05, 4.69) is 15.9 Å². The normalized spacial score (nSPS) is 23.2. The average molecular weight is 349 g/mol. The Morgan fingerprint density at radius 2 is 2.26 bits per heavy atom. The van der Waals surface area contributed by atoms with Crippen molar-refractivity contribution in [2.75, 3.05) is 18.1 Å². The molecule has 1 N–H and O–H groups in total. The van der Waals surface area contributed by atoms with Crippen molar-refractivity contribution in [3.8, 4) is 5.75 Å². The molecule has 1 aliphatic rings. The summed E-state index contributed by atoms with van der Waals surface area (Å²) in [6, 6.07) is 5.42. The molecule has 2 unspecified atom stereocenters. The van der Waals surface area contributed by atoms with Crippen LogP contribution >= 0.6 is 15.9 Å². The lowest BCUT2D eigenvalue weighted by molar-refractivity contribution is 0.117. The van der Waals surface area contributed by atoms with Crippen LogP contribution in [0.15, 0.2) is 22.7 Å². The van der Waals surface area contributed by atoms with Crippen molar-refractivity contribution < 1.29 is 18.3 Å². The number of aliphatic hydroxyl groups is 1. The van der Waals surface area contributed by atoms with Crippen LogP contribution in [0.4, 0.5) is 0 Å². The SMILES string of the molecule is CCOc1ccc(Br)cc1C(O)C1CCS(=O)(=O)C1. The maximum absolute atomic E-state index is 11.5. The number of hydrogen-bond acceptors (Lipinski definition) is 4. The third-order valence-electron chi connectivity index (χ3n) is 3.30. The average Bonchev–Trinajstić information content (AvgIpc) is 2.71. The summed E-state index contributed by atoms with van der Waals surface area (Å²) in [5.74, 6) is 0.569. The van der Waals surface area contributed by atoms with E-state index < -0.39 is 15.9 Å². The van der Waals surface area contributed by atoms with Crippen molar-refractivity contribution in [1.29, 1.82) is 0 Å². The lowest BCUT2D eigenvalue weighted by atomic mass is 9.95. The van der Waals surface area contributed by atoms with E-state index in [9.17, 15) is 13.5 Å². The first-order valence-electron chi connectivity index (χ1n) is 6.23. The van der Waals surface area contributed by atoms with Crippen LogP contribution in [0, 0.1) is 5.92 Å². The molecule has 0 aromatic heterocycles. The third-order valence-corrected chi connectivity index (χ3v) is 5.59. The Morgan fingerprint density at radius 1 is 1.53 bits per heavy atom. The standard InChI is InChI=1S/C13H17BrO4S/c1-2-18-12-4-3-10(14)7-11(12)13(15)9-5-6-19(16,17)8-9/h3-4,7,9,13,15H,2,5-6,8H2,1H3. The van der Waals surface area contributed by atoms with E-state index >= 15 is 0 Å². The van der Waals surface area contributed by atoms with Gasteiger partial charge in [0.05, 0.1) is 24.2 Å². The third kappa shape index (κ3) is 3.49. The molecule has 0 amide bonds. The summed E-state index contributed by atoms with van der Waals surface area (Å²) in [5.41, 5.74) is 0.651. The fourth-order valence-electron chi connectivity index (χ4n) is 2.36. The largest absolute Gasteiger partial charge is 0.493 e. The highest BCUT2D eigenvalue weighted by atomic mass is 79.9. The van der Waals surface area contributed by atoms with Gasteiger partial charge in [0.15, 0.2) is 9.84 Å². The molecule has 0 spiro atoms. The minimum atomic E-state index is -3.00. The number of sulfone groups is 1. The monoisotopic (exact) mass is 348 g/mol. The maximum atomic E-state index is 11.5. The summed E-state index contributed by atoms with van der Waals surface area (Å²) in [6.07, 6.45) is -0.307. The van der Waals surface area contributed by atoms with E-state index in [1.54, 1.807) is 12.1 Å². The van der Waals surface area contributed by atoms with E-state index in [-0.39, 0.29) is 17.4 Å². The van der Waals surface area contributed by atoms with Crippen LogP contribution in [0.1, 0.15) is 25.0 Å². The lowest BCUT2D eigenvalue weighted by Gasteiger charge is -2.20. The van der Waals surface area contributed by atoms with Gasteiger partial charge in [0, 0.05) is 16.0 Å². The van der Waals surface area contributed by atoms with Crippen molar-refractivity contribution in [2.24, 2.45) is 5.92 Å². The van der Waals surface area contributed by atoms with Crippen LogP contribution in [-0.4, -0.2) is 31.6 Å². The molecule has 4 nitrogen and oxygen atoms in total. The highest BCUT2D eigenvalue weighted by Gasteiger charge is 2.34. The fraction of sp³-hybridized carbons (Fsp3) is 0.538. The first-order chi connectivity index (χ1) is 8.93. The van der Waals surface area contributed by atoms with Crippen molar-refractivity contribution in [2.45, 2.75) is 19.4 Å². The minimum absolute atomic E-state index is 0.0479. The second-order valence-corrected chi connectivity index (χ2v) is 7.87. The Hall–Kier alpha value is -0.590. The van der Waals surface area contributed by atoms with Crippen molar-refractivity contribution in [3.05, 3.63) is 28.2 Å². The predicted octanol–water partition coefficient (Wildman–Crippen LogP) is 2.32. The first kappa shape index (κ1) is 14.8. The molecular formula is C13H17BrO4S. The van der Waals surface area contributed by atoms with Crippen molar-refractivity contribution in [1.82, 2.24) is 0 Å². The summed E-state index contributed by atoms with van der Waals surface area (Å²) >= 11 is 3.36. The van der Waals surface area contributed by atoms with Gasteiger partial charge in [0.2, 0.25) is 0 Å². The van der Waals surface area contributed by atoms with Crippen LogP contribution in [0.25, 0.3) is 0 Å². The molecule has 1 aromatic carbocycles. The second-order valence-electron chi connectivity index (χ2n) is 4.72. The number of rotatable bonds is 4. The van der Waals surface area contributed by atoms with Gasteiger partial charge < -0.3 is 9.84 Å². The van der Waals surface area contributed by atoms with Crippen molar-refractivity contribution >= 4 is 25.8 Å². The van der Waals surface area contributed by atoms with Gasteiger partial charge >= 0.3 is 0 Å². The molecule has 1 aliphatic heterocycles. The van der Waals surface area contributed by atoms with Crippen LogP contribution in [0.2, 0.25) is 0 Å². The van der Waals surface area contributed by atoms with Gasteiger partial charge in [-0.05, 0) is 31.5 Å². The number of aliphatic hydroxyl groups excluding tert-OH is 1. The van der Waals surface area contributed by atoms with Crippen LogP contribution in [0.3, 0.4) is 0 Å². The van der Waals surface area contributed by atoms with Crippen LogP contribution in [0.5, 0.6) is 5.75 Å². The van der Waals surface area contributed by atoms with Gasteiger partial charge in [-0.15, -0.1) is 0 Å². The van der Waals surface area contributed by atoms with Gasteiger partial charge in [0.25, 0.3) is 0 Å². The molecule has 0 radical (unpaired) electrons. The molecule has 0 saturated carbocycles. The Labute approximate surface area is 121 Å². The van der Waals surface area contributed by atoms with Crippen LogP contribution < -0.4 is 4.74 Å². The molecular weight excluding hydrogens is 332 g/mol. The second kappa shape index (κ2) is 5.81. The van der Waals surface area contributed by atoms with Gasteiger partial charge in [-0.1, -0.05) is 15.9 Å². The zero-order valence-corrected chi connectivity index (χ0v) is 13.1. The lowest BCUT2D eigenvalue weighted by Crippen LogP contribution is -2.15. The molecule has 1 heterocycles. The highest BCUT2D eigenvalue weighted by Crippen LogP contribution is 2.37. The number of ether oxygens (including phenoxy) is 1. The van der Waals surface area contributed by atoms with Crippen molar-refractivity contribution in [3.63, 3.8) is 0 Å². The van der Waals surface area contributed by atoms with Gasteiger partial charge in [-0.3, -0.25) is 0 Å². The van der Waals surface area contributed by atoms with E-state index in [1.165, 1.54) is 0 Å². The molecule has 19 heavy (non-hydrogen) atoms. The molecule has 0 bridgehead atoms. The van der Waals surface area contributed by atoms with Gasteiger partial charge in [-0.2, -0.15) is 0 Å². The van der Waals surface area contributed by atoms with Gasteiger partial charge in [0.1, 0.15) is 5.75 Å². The minimum Gasteiger partial charge on any atom is -0.493 e. The number of halogens is 1. The number of hydrogen-bond donors (Lipinski definition) is 1. The zero-order chi connectivity index (χ0) is 14.0. The van der Waals surface area contributed by atoms with E-state index in [0.717, 1.165) is 4.47 Å². The smallest absolute Gasteiger partial charge is 0.150 e. The molecule has 0 aliphatic carbocycles. The molecule has 1 fully saturated rings. The fourth-order valence-corrected chi connectivity index (χ4v) is 4.57. The Balaban J connectivity index is 2.27. The molecule has 1 saturated heterocycles. The summed E-state index contributed by atoms with van der Waals surface area (Å²) in [7, 11) is -3.00. The Morgan fingerprint density at radius 3 is 2.84 bits per heavy atom. The topological polar surface area (TPSA) is 63.6 Å². The quantitative estimate of drug-likeness (QED) is 0.906. The van der Waals surface area contributed by atoms with E-state index in [4.69, 9.17) is 4.74 Å². The highest BCUT2D eigenvalue weighted by molar-refractivity contribution is 9.10. The first-order valence-corrected chi connectivity index (χ1v) is 8.85. The Bertz CT molecular complexity index is 556. The van der Waals surface area contributed by atoms with E-state index in [1.807, 2.05) is 13.0 Å². The predicted molar refractivity (Wildman–Crippen MR) is 77.0 cm³/mol. The molecule has 106 valence electrons.